The molecule has 34 heavy (non-hydrogen) atoms. The second kappa shape index (κ2) is 9.30. The Bertz CT molecular complexity index is 1140. The summed E-state index contributed by atoms with van der Waals surface area (Å²) in [6, 6.07) is 3.98. The summed E-state index contributed by atoms with van der Waals surface area (Å²) in [5, 5.41) is 22.9. The van der Waals surface area contributed by atoms with E-state index < -0.39 is 54.1 Å². The molecular formula is C21H19F5N4O4. The minimum Gasteiger partial charge on any atom is -0.618 e. The van der Waals surface area contributed by atoms with Gasteiger partial charge in [-0.2, -0.15) is 27.6 Å². The maximum absolute atomic E-state index is 14.5. The molecule has 1 aliphatic rings. The van der Waals surface area contributed by atoms with Crippen LogP contribution in [-0.4, -0.2) is 44.0 Å². The van der Waals surface area contributed by atoms with Crippen molar-refractivity contribution in [3.63, 3.8) is 0 Å². The van der Waals surface area contributed by atoms with Crippen molar-refractivity contribution >= 4 is 17.3 Å². The van der Waals surface area contributed by atoms with Crippen molar-refractivity contribution < 1.29 is 41.0 Å². The first kappa shape index (κ1) is 25.0. The van der Waals surface area contributed by atoms with Gasteiger partial charge in [-0.3, -0.25) is 4.79 Å². The summed E-state index contributed by atoms with van der Waals surface area (Å²) in [4.78, 5) is 14.0. The lowest BCUT2D eigenvalue weighted by molar-refractivity contribution is -0.608. The summed E-state index contributed by atoms with van der Waals surface area (Å²) in [7, 11) is 0.837. The molecule has 1 aromatic heterocycles. The van der Waals surface area contributed by atoms with Crippen LogP contribution in [-0.2, 0) is 9.53 Å². The van der Waals surface area contributed by atoms with E-state index in [1.165, 1.54) is 6.92 Å². The van der Waals surface area contributed by atoms with Gasteiger partial charge in [-0.25, -0.2) is 4.39 Å². The summed E-state index contributed by atoms with van der Waals surface area (Å²) in [5.41, 5.74) is -3.45. The zero-order valence-electron chi connectivity index (χ0n) is 17.9. The van der Waals surface area contributed by atoms with Crippen LogP contribution in [0.2, 0.25) is 0 Å². The highest BCUT2D eigenvalue weighted by molar-refractivity contribution is 5.98. The van der Waals surface area contributed by atoms with Crippen LogP contribution in [0.3, 0.4) is 0 Å². The average molecular weight is 486 g/mol. The summed E-state index contributed by atoms with van der Waals surface area (Å²) >= 11 is 0. The fourth-order valence-electron chi connectivity index (χ4n) is 3.73. The monoisotopic (exact) mass is 486 g/mol. The second-order valence-corrected chi connectivity index (χ2v) is 7.41. The molecule has 2 unspecified atom stereocenters. The van der Waals surface area contributed by atoms with Crippen molar-refractivity contribution in [3.8, 4) is 11.8 Å². The van der Waals surface area contributed by atoms with E-state index in [1.54, 1.807) is 6.07 Å². The van der Waals surface area contributed by atoms with Crippen molar-refractivity contribution in [2.45, 2.75) is 31.2 Å². The van der Waals surface area contributed by atoms with Gasteiger partial charge in [0.15, 0.2) is 29.4 Å². The number of methoxy groups -OCH3 is 1. The molecule has 8 nitrogen and oxygen atoms in total. The number of hydrogen-bond acceptors (Lipinski definition) is 6. The Labute approximate surface area is 190 Å². The molecule has 0 radical (unpaired) electrons. The fourth-order valence-corrected chi connectivity index (χ4v) is 3.73. The zero-order chi connectivity index (χ0) is 25.3. The summed E-state index contributed by atoms with van der Waals surface area (Å²) in [6.45, 7) is 0.444. The lowest BCUT2D eigenvalue weighted by Crippen LogP contribution is -2.49. The van der Waals surface area contributed by atoms with Gasteiger partial charge in [0, 0.05) is 25.7 Å². The van der Waals surface area contributed by atoms with Gasteiger partial charge in [-0.15, -0.1) is 0 Å². The first-order chi connectivity index (χ1) is 16.0. The first-order valence-electron chi connectivity index (χ1n) is 9.91. The van der Waals surface area contributed by atoms with E-state index in [0.29, 0.717) is 6.07 Å². The predicted molar refractivity (Wildman–Crippen MR) is 108 cm³/mol. The summed E-state index contributed by atoms with van der Waals surface area (Å²) in [5.74, 6) is -4.29. The number of carbonyl (C=O) groups excluding carboxylic acids is 1. The van der Waals surface area contributed by atoms with Gasteiger partial charge < -0.3 is 24.9 Å². The van der Waals surface area contributed by atoms with E-state index in [4.69, 9.17) is 14.7 Å². The van der Waals surface area contributed by atoms with E-state index in [9.17, 15) is 32.0 Å². The van der Waals surface area contributed by atoms with Gasteiger partial charge in [0.25, 0.3) is 5.69 Å². The standard InChI is InChI=1S/C21H19F5N4O4/c1-3-34-18-15(5-4-14(22)17(18)23)29-11-20(33-2,21(24,25)26)9-16(29)19(31)28-12-6-7-30(32)13(8-12)10-27/h4-8,16H,3,9,11H2,1-2H3,(H,28,31). The van der Waals surface area contributed by atoms with Crippen LogP contribution in [0.5, 0.6) is 5.75 Å². The lowest BCUT2D eigenvalue weighted by Gasteiger charge is -2.31. The van der Waals surface area contributed by atoms with Gasteiger partial charge in [-0.1, -0.05) is 0 Å². The number of rotatable bonds is 6. The molecule has 2 atom stereocenters. The SMILES string of the molecule is CCOc1c(N2CC(OC)(C(F)(F)F)CC2C(=O)Nc2cc[n+]([O-])c(C#N)c2)ccc(F)c1F. The molecule has 182 valence electrons. The van der Waals surface area contributed by atoms with Crippen molar-refractivity contribution in [2.75, 3.05) is 30.5 Å². The molecule has 0 saturated carbocycles. The molecule has 1 fully saturated rings. The molecule has 2 heterocycles. The number of nitriles is 1. The van der Waals surface area contributed by atoms with E-state index in [-0.39, 0.29) is 28.4 Å². The molecule has 2 aromatic rings. The zero-order valence-corrected chi connectivity index (χ0v) is 17.9. The van der Waals surface area contributed by atoms with Crippen LogP contribution in [0.1, 0.15) is 19.0 Å². The molecule has 3 rings (SSSR count). The number of pyridine rings is 1. The van der Waals surface area contributed by atoms with E-state index in [0.717, 1.165) is 36.4 Å². The Morgan fingerprint density at radius 3 is 2.68 bits per heavy atom. The number of halogens is 5. The number of anilines is 2. The number of ether oxygens (including phenoxy) is 2. The minimum absolute atomic E-state index is 0.0224. The molecule has 0 spiro atoms. The van der Waals surface area contributed by atoms with Gasteiger partial charge in [0.2, 0.25) is 11.7 Å². The number of amides is 1. The maximum atomic E-state index is 14.5. The minimum atomic E-state index is -4.91. The van der Waals surface area contributed by atoms with Crippen LogP contribution in [0.25, 0.3) is 0 Å². The predicted octanol–water partition coefficient (Wildman–Crippen LogP) is 3.03. The number of alkyl halides is 3. The van der Waals surface area contributed by atoms with Gasteiger partial charge >= 0.3 is 6.18 Å². The highest BCUT2D eigenvalue weighted by Crippen LogP contribution is 2.47. The first-order valence-corrected chi connectivity index (χ1v) is 9.91. The van der Waals surface area contributed by atoms with Crippen LogP contribution in [0.4, 0.5) is 33.3 Å². The van der Waals surface area contributed by atoms with Gasteiger partial charge in [0.1, 0.15) is 6.04 Å². The van der Waals surface area contributed by atoms with Crippen LogP contribution >= 0.6 is 0 Å². The highest BCUT2D eigenvalue weighted by Gasteiger charge is 2.63. The third-order valence-corrected chi connectivity index (χ3v) is 5.46. The molecular weight excluding hydrogens is 467 g/mol. The molecule has 1 amide bonds. The van der Waals surface area contributed by atoms with Crippen LogP contribution in [0, 0.1) is 28.2 Å². The molecule has 1 aromatic carbocycles. The van der Waals surface area contributed by atoms with Crippen molar-refractivity contribution in [1.29, 1.82) is 5.26 Å². The topological polar surface area (TPSA) is 102 Å². The molecule has 0 bridgehead atoms. The smallest absolute Gasteiger partial charge is 0.419 e. The quantitative estimate of drug-likeness (QED) is 0.383. The van der Waals surface area contributed by atoms with Crippen molar-refractivity contribution in [1.82, 2.24) is 0 Å². The van der Waals surface area contributed by atoms with Gasteiger partial charge in [0.05, 0.1) is 24.5 Å². The molecule has 0 aliphatic carbocycles. The summed E-state index contributed by atoms with van der Waals surface area (Å²) < 4.78 is 80.4. The second-order valence-electron chi connectivity index (χ2n) is 7.41. The third kappa shape index (κ3) is 4.41. The Balaban J connectivity index is 2.07. The Hall–Kier alpha value is -3.66. The number of nitrogens with one attached hydrogen (secondary N) is 1. The number of benzene rings is 1. The number of aromatic nitrogens is 1. The van der Waals surface area contributed by atoms with Crippen molar-refractivity contribution in [2.24, 2.45) is 0 Å². The Morgan fingerprint density at radius 1 is 1.38 bits per heavy atom. The highest BCUT2D eigenvalue weighted by atomic mass is 19.4. The van der Waals surface area contributed by atoms with E-state index in [1.807, 2.05) is 0 Å². The third-order valence-electron chi connectivity index (χ3n) is 5.46. The van der Waals surface area contributed by atoms with E-state index in [2.05, 4.69) is 5.32 Å². The molecule has 1 aliphatic heterocycles. The van der Waals surface area contributed by atoms with Crippen LogP contribution in [0.15, 0.2) is 30.5 Å². The number of carbonyl (C=O) groups is 1. The largest absolute Gasteiger partial charge is 0.618 e. The average Bonchev–Trinajstić information content (AvgIpc) is 3.20. The Kier molecular flexibility index (Phi) is 6.83. The summed E-state index contributed by atoms with van der Waals surface area (Å²) in [6.07, 6.45) is -4.84. The molecule has 1 N–H and O–H groups in total. The molecule has 13 heteroatoms. The number of nitrogens with zero attached hydrogens (tertiary/aromatic N) is 3. The van der Waals surface area contributed by atoms with Crippen molar-refractivity contribution in [3.05, 3.63) is 53.0 Å². The van der Waals surface area contributed by atoms with E-state index >= 15 is 0 Å². The normalized spacial score (nSPS) is 20.2. The fraction of sp³-hybridized carbons (Fsp3) is 0.381. The lowest BCUT2D eigenvalue weighted by atomic mass is 9.99. The van der Waals surface area contributed by atoms with Gasteiger partial charge in [-0.05, 0) is 19.1 Å². The Morgan fingerprint density at radius 2 is 2.09 bits per heavy atom. The maximum Gasteiger partial charge on any atom is 0.419 e. The van der Waals surface area contributed by atoms with Crippen LogP contribution < -0.4 is 19.7 Å². The molecule has 1 saturated heterocycles. The number of hydrogen-bond donors (Lipinski definition) is 1.